The molecule has 120 valence electrons. The summed E-state index contributed by atoms with van der Waals surface area (Å²) in [5, 5.41) is 9.08. The summed E-state index contributed by atoms with van der Waals surface area (Å²) in [6, 6.07) is 0. The number of nitrogens with zero attached hydrogens (tertiary/aromatic N) is 5. The molecule has 1 aromatic heterocycles. The number of amidine groups is 1. The predicted octanol–water partition coefficient (Wildman–Crippen LogP) is 2.22. The first-order valence-electron chi connectivity index (χ1n) is 7.53. The van der Waals surface area contributed by atoms with Gasteiger partial charge in [-0.3, -0.25) is 9.97 Å². The molecule has 3 fully saturated rings. The normalized spacial score (nSPS) is 25.6. The van der Waals surface area contributed by atoms with E-state index in [1.807, 2.05) is 6.92 Å². The molecule has 2 aliphatic heterocycles. The Kier molecular flexibility index (Phi) is 6.29. The Labute approximate surface area is 147 Å². The van der Waals surface area contributed by atoms with Crippen LogP contribution in [0.1, 0.15) is 38.3 Å². The van der Waals surface area contributed by atoms with Gasteiger partial charge >= 0.3 is 0 Å². The van der Waals surface area contributed by atoms with Crippen LogP contribution in [0.5, 0.6) is 0 Å². The Hall–Kier alpha value is -1.04. The van der Waals surface area contributed by atoms with Gasteiger partial charge in [0.15, 0.2) is 0 Å². The molecular formula is C15H20FeN5S-. The molecule has 0 aromatic carbocycles. The fourth-order valence-electron chi connectivity index (χ4n) is 3.17. The maximum Gasteiger partial charge on any atom is 0.104 e. The van der Waals surface area contributed by atoms with Gasteiger partial charge < -0.3 is 17.5 Å². The largest absolute Gasteiger partial charge is 0.741 e. The molecule has 1 aliphatic carbocycles. The second kappa shape index (κ2) is 7.99. The Morgan fingerprint density at radius 3 is 2.32 bits per heavy atom. The summed E-state index contributed by atoms with van der Waals surface area (Å²) in [6.45, 7) is 3.96. The smallest absolute Gasteiger partial charge is 0.104 e. The van der Waals surface area contributed by atoms with Crippen LogP contribution >= 0.6 is 0 Å². The summed E-state index contributed by atoms with van der Waals surface area (Å²) in [5.41, 5.74) is 1.48. The summed E-state index contributed by atoms with van der Waals surface area (Å²) in [4.78, 5) is 10.5. The fourth-order valence-corrected chi connectivity index (χ4v) is 3.36. The van der Waals surface area contributed by atoms with Gasteiger partial charge in [0, 0.05) is 47.7 Å². The average Bonchev–Trinajstić information content (AvgIpc) is 2.87. The van der Waals surface area contributed by atoms with Gasteiger partial charge in [0.2, 0.25) is 0 Å². The van der Waals surface area contributed by atoms with Gasteiger partial charge in [-0.2, -0.15) is 10.2 Å². The van der Waals surface area contributed by atoms with E-state index in [1.54, 1.807) is 18.6 Å². The quantitative estimate of drug-likeness (QED) is 0.268. The van der Waals surface area contributed by atoms with Gasteiger partial charge in [-0.25, -0.2) is 0 Å². The van der Waals surface area contributed by atoms with E-state index in [4.69, 9.17) is 12.6 Å². The molecule has 3 aliphatic rings. The molecule has 0 amide bonds. The molecule has 3 heterocycles. The Bertz CT molecular complexity index is 526. The third-order valence-corrected chi connectivity index (χ3v) is 4.75. The van der Waals surface area contributed by atoms with Gasteiger partial charge in [-0.1, -0.05) is 0 Å². The van der Waals surface area contributed by atoms with Gasteiger partial charge in [-0.05, 0) is 44.4 Å². The summed E-state index contributed by atoms with van der Waals surface area (Å²) in [7, 11) is 0. The van der Waals surface area contributed by atoms with Crippen LogP contribution in [0, 0.1) is 11.8 Å². The second-order valence-electron chi connectivity index (χ2n) is 5.95. The summed E-state index contributed by atoms with van der Waals surface area (Å²) in [6.07, 6.45) is 10.3. The van der Waals surface area contributed by atoms with Crippen molar-refractivity contribution in [2.75, 3.05) is 13.1 Å². The number of hydrogen-bond acceptors (Lipinski definition) is 5. The van der Waals surface area contributed by atoms with Crippen molar-refractivity contribution in [1.29, 1.82) is 0 Å². The maximum atomic E-state index is 5.45. The van der Waals surface area contributed by atoms with Crippen LogP contribution in [0.15, 0.2) is 28.8 Å². The average molecular weight is 358 g/mol. The van der Waals surface area contributed by atoms with Crippen LogP contribution in [-0.4, -0.2) is 38.8 Å². The predicted molar refractivity (Wildman–Crippen MR) is 86.1 cm³/mol. The number of rotatable bonds is 2. The standard InChI is InChI=1S/C15H21N5S.Fe/c1-11(14-8-16-6-7-17-14)18-19-15(21)20-9-12-2-3-13(10-20)5-4-12;/h6-8,12-13H,2-5,9-10H2,1H3,(H,19,21);/p-1/b18-11+;. The molecule has 4 rings (SSSR count). The van der Waals surface area contributed by atoms with Gasteiger partial charge in [-0.15, -0.1) is 0 Å². The van der Waals surface area contributed by atoms with E-state index < -0.39 is 0 Å². The summed E-state index contributed by atoms with van der Waals surface area (Å²) < 4.78 is 0. The van der Waals surface area contributed by atoms with E-state index in [0.29, 0.717) is 5.17 Å². The van der Waals surface area contributed by atoms with Crippen molar-refractivity contribution in [2.24, 2.45) is 22.0 Å². The Balaban J connectivity index is 0.00000176. The molecular weight excluding hydrogens is 338 g/mol. The van der Waals surface area contributed by atoms with E-state index in [-0.39, 0.29) is 17.1 Å². The first-order valence-corrected chi connectivity index (χ1v) is 7.94. The van der Waals surface area contributed by atoms with Crippen molar-refractivity contribution >= 4 is 23.5 Å². The van der Waals surface area contributed by atoms with Crippen molar-refractivity contribution in [2.45, 2.75) is 32.6 Å². The molecule has 5 nitrogen and oxygen atoms in total. The number of fused-ring (bicyclic) bond motifs is 4. The maximum absolute atomic E-state index is 5.45. The molecule has 0 unspecified atom stereocenters. The molecule has 0 radical (unpaired) electrons. The van der Waals surface area contributed by atoms with Crippen molar-refractivity contribution in [3.63, 3.8) is 0 Å². The van der Waals surface area contributed by atoms with Gasteiger partial charge in [0.25, 0.3) is 0 Å². The van der Waals surface area contributed by atoms with Crippen LogP contribution in [0.2, 0.25) is 0 Å². The zero-order chi connectivity index (χ0) is 14.7. The first kappa shape index (κ1) is 17.3. The minimum atomic E-state index is 0. The van der Waals surface area contributed by atoms with Crippen LogP contribution in [-0.2, 0) is 29.7 Å². The summed E-state index contributed by atoms with van der Waals surface area (Å²) in [5.74, 6) is 1.56. The van der Waals surface area contributed by atoms with E-state index in [0.717, 1.165) is 36.3 Å². The molecule has 22 heavy (non-hydrogen) atoms. The second-order valence-corrected chi connectivity index (χ2v) is 6.32. The first-order chi connectivity index (χ1) is 10.2. The Morgan fingerprint density at radius 2 is 1.77 bits per heavy atom. The number of hydrogen-bond donors (Lipinski definition) is 0. The molecule has 1 saturated carbocycles. The van der Waals surface area contributed by atoms with Crippen LogP contribution in [0.4, 0.5) is 0 Å². The molecule has 0 N–H and O–H groups in total. The number of aromatic nitrogens is 2. The van der Waals surface area contributed by atoms with Crippen LogP contribution in [0.25, 0.3) is 0 Å². The van der Waals surface area contributed by atoms with Gasteiger partial charge in [0.05, 0.1) is 11.9 Å². The van der Waals surface area contributed by atoms with E-state index in [2.05, 4.69) is 25.1 Å². The van der Waals surface area contributed by atoms with Crippen molar-refractivity contribution in [1.82, 2.24) is 14.9 Å². The van der Waals surface area contributed by atoms with Crippen molar-refractivity contribution in [3.8, 4) is 0 Å². The molecule has 7 heteroatoms. The van der Waals surface area contributed by atoms with Crippen LogP contribution < -0.4 is 0 Å². The molecule has 2 bridgehead atoms. The fraction of sp³-hybridized carbons (Fsp3) is 0.600. The zero-order valence-corrected chi connectivity index (χ0v) is 14.5. The monoisotopic (exact) mass is 358 g/mol. The van der Waals surface area contributed by atoms with Crippen molar-refractivity contribution in [3.05, 3.63) is 24.3 Å². The molecule has 0 spiro atoms. The SMILES string of the molecule is C/C(=N\N=C(/[S-])N1CC2CCC(CC2)C1)c1cnccn1.[Fe]. The zero-order valence-electron chi connectivity index (χ0n) is 12.6. The van der Waals surface area contributed by atoms with E-state index >= 15 is 0 Å². The molecule has 1 aromatic rings. The molecule has 2 saturated heterocycles. The third kappa shape index (κ3) is 4.24. The summed E-state index contributed by atoms with van der Waals surface area (Å²) >= 11 is 5.45. The minimum Gasteiger partial charge on any atom is -0.741 e. The molecule has 0 atom stereocenters. The Morgan fingerprint density at radius 1 is 1.14 bits per heavy atom. The van der Waals surface area contributed by atoms with Crippen LogP contribution in [0.3, 0.4) is 0 Å². The minimum absolute atomic E-state index is 0. The van der Waals surface area contributed by atoms with E-state index in [1.165, 1.54) is 25.7 Å². The van der Waals surface area contributed by atoms with E-state index in [9.17, 15) is 0 Å². The third-order valence-electron chi connectivity index (χ3n) is 4.41. The van der Waals surface area contributed by atoms with Crippen molar-refractivity contribution < 1.29 is 17.1 Å². The topological polar surface area (TPSA) is 53.7 Å². The van der Waals surface area contributed by atoms with Gasteiger partial charge in [0.1, 0.15) is 5.69 Å².